The lowest BCUT2D eigenvalue weighted by atomic mass is 10.0. The summed E-state index contributed by atoms with van der Waals surface area (Å²) in [6.45, 7) is 8.29. The van der Waals surface area contributed by atoms with Crippen LogP contribution in [0.3, 0.4) is 0 Å². The van der Waals surface area contributed by atoms with Crippen molar-refractivity contribution in [3.63, 3.8) is 0 Å². The zero-order chi connectivity index (χ0) is 20.5. The molecular formula is C21H27N3O3S. The first-order valence-electron chi connectivity index (χ1n) is 9.29. The Bertz CT molecular complexity index is 787. The minimum Gasteiger partial charge on any atom is -0.455 e. The zero-order valence-electron chi connectivity index (χ0n) is 16.8. The lowest BCUT2D eigenvalue weighted by molar-refractivity contribution is -0.145. The summed E-state index contributed by atoms with van der Waals surface area (Å²) in [4.78, 5) is 32.1. The summed E-state index contributed by atoms with van der Waals surface area (Å²) in [6, 6.07) is 10.2. The number of esters is 1. The van der Waals surface area contributed by atoms with Crippen molar-refractivity contribution in [2.24, 2.45) is 0 Å². The van der Waals surface area contributed by atoms with Gasteiger partial charge < -0.3 is 10.1 Å². The minimum atomic E-state index is -0.466. The van der Waals surface area contributed by atoms with Gasteiger partial charge in [-0.15, -0.1) is 0 Å². The van der Waals surface area contributed by atoms with E-state index in [1.54, 1.807) is 0 Å². The van der Waals surface area contributed by atoms with E-state index in [1.165, 1.54) is 17.3 Å². The quantitative estimate of drug-likeness (QED) is 0.395. The summed E-state index contributed by atoms with van der Waals surface area (Å²) in [6.07, 6.45) is 0.734. The van der Waals surface area contributed by atoms with E-state index in [4.69, 9.17) is 4.74 Å². The van der Waals surface area contributed by atoms with Gasteiger partial charge in [0.2, 0.25) is 0 Å². The number of carbonyl (C=O) groups excluding carboxylic acids is 2. The average Bonchev–Trinajstić information content (AvgIpc) is 2.64. The number of rotatable bonds is 9. The Morgan fingerprint density at radius 3 is 2.36 bits per heavy atom. The highest BCUT2D eigenvalue weighted by molar-refractivity contribution is 7.99. The molecule has 1 N–H and O–H groups in total. The molecule has 28 heavy (non-hydrogen) atoms. The Balaban J connectivity index is 1.64. The van der Waals surface area contributed by atoms with Gasteiger partial charge in [0, 0.05) is 17.9 Å². The van der Waals surface area contributed by atoms with Crippen LogP contribution in [0.25, 0.3) is 0 Å². The third-order valence-electron chi connectivity index (χ3n) is 4.03. The van der Waals surface area contributed by atoms with Gasteiger partial charge in [0.05, 0.1) is 5.75 Å². The molecular weight excluding hydrogens is 374 g/mol. The Hall–Kier alpha value is -2.41. The molecule has 0 bridgehead atoms. The molecule has 0 fully saturated rings. The molecule has 0 aliphatic carbocycles. The number of carbonyl (C=O) groups is 2. The van der Waals surface area contributed by atoms with Crippen LogP contribution in [0, 0.1) is 13.8 Å². The van der Waals surface area contributed by atoms with E-state index >= 15 is 0 Å². The van der Waals surface area contributed by atoms with Crippen molar-refractivity contribution in [1.82, 2.24) is 15.3 Å². The monoisotopic (exact) mass is 401 g/mol. The zero-order valence-corrected chi connectivity index (χ0v) is 17.6. The molecule has 6 nitrogen and oxygen atoms in total. The molecule has 0 spiro atoms. The van der Waals surface area contributed by atoms with E-state index < -0.39 is 5.97 Å². The molecule has 2 rings (SSSR count). The summed E-state index contributed by atoms with van der Waals surface area (Å²) in [5, 5.41) is 3.29. The SMILES string of the molecule is Cc1cc(C)nc(SCC(=O)OCC(=O)NCCc2ccc(C(C)C)cc2)n1. The molecule has 1 aromatic heterocycles. The van der Waals surface area contributed by atoms with Gasteiger partial charge in [-0.05, 0) is 43.4 Å². The standard InChI is InChI=1S/C21H27N3O3S/c1-14(2)18-7-5-17(6-8-18)9-10-22-19(25)12-27-20(26)13-28-21-23-15(3)11-16(4)24-21/h5-8,11,14H,9-10,12-13H2,1-4H3,(H,22,25). The number of benzene rings is 1. The highest BCUT2D eigenvalue weighted by Crippen LogP contribution is 2.15. The van der Waals surface area contributed by atoms with Crippen LogP contribution in [0.4, 0.5) is 0 Å². The second-order valence-electron chi connectivity index (χ2n) is 6.88. The third-order valence-corrected chi connectivity index (χ3v) is 4.85. The summed E-state index contributed by atoms with van der Waals surface area (Å²) < 4.78 is 5.00. The number of hydrogen-bond acceptors (Lipinski definition) is 6. The van der Waals surface area contributed by atoms with Crippen molar-refractivity contribution in [2.45, 2.75) is 45.2 Å². The van der Waals surface area contributed by atoms with Crippen LogP contribution in [-0.2, 0) is 20.7 Å². The fourth-order valence-corrected chi connectivity index (χ4v) is 3.28. The fourth-order valence-electron chi connectivity index (χ4n) is 2.54. The normalized spacial score (nSPS) is 10.8. The van der Waals surface area contributed by atoms with Crippen LogP contribution < -0.4 is 5.32 Å². The third kappa shape index (κ3) is 7.68. The average molecular weight is 402 g/mol. The van der Waals surface area contributed by atoms with Gasteiger partial charge in [0.25, 0.3) is 5.91 Å². The lowest BCUT2D eigenvalue weighted by Gasteiger charge is -2.08. The maximum Gasteiger partial charge on any atom is 0.316 e. The number of aryl methyl sites for hydroxylation is 2. The minimum absolute atomic E-state index is 0.0678. The second-order valence-corrected chi connectivity index (χ2v) is 7.82. The van der Waals surface area contributed by atoms with E-state index in [1.807, 2.05) is 19.9 Å². The molecule has 0 radical (unpaired) electrons. The molecule has 0 aliphatic heterocycles. The van der Waals surface area contributed by atoms with Crippen molar-refractivity contribution < 1.29 is 14.3 Å². The molecule has 0 saturated carbocycles. The van der Waals surface area contributed by atoms with E-state index in [9.17, 15) is 9.59 Å². The van der Waals surface area contributed by atoms with Gasteiger partial charge in [-0.25, -0.2) is 9.97 Å². The number of aromatic nitrogens is 2. The molecule has 1 aromatic carbocycles. The highest BCUT2D eigenvalue weighted by Gasteiger charge is 2.10. The molecule has 0 atom stereocenters. The largest absolute Gasteiger partial charge is 0.455 e. The molecule has 1 amide bonds. The van der Waals surface area contributed by atoms with Crippen molar-refractivity contribution in [3.05, 3.63) is 52.8 Å². The summed E-state index contributed by atoms with van der Waals surface area (Å²) >= 11 is 1.20. The van der Waals surface area contributed by atoms with Crippen LogP contribution in [0.1, 0.15) is 42.3 Å². The summed E-state index contributed by atoms with van der Waals surface area (Å²) in [5.41, 5.74) is 4.15. The number of ether oxygens (including phenoxy) is 1. The first kappa shape index (κ1) is 21.9. The van der Waals surface area contributed by atoms with Crippen molar-refractivity contribution >= 4 is 23.6 Å². The van der Waals surface area contributed by atoms with Crippen molar-refractivity contribution in [3.8, 4) is 0 Å². The molecule has 0 saturated heterocycles. The predicted octanol–water partition coefficient (Wildman–Crippen LogP) is 3.21. The maximum absolute atomic E-state index is 11.8. The number of thioether (sulfide) groups is 1. The molecule has 0 unspecified atom stereocenters. The maximum atomic E-state index is 11.8. The van der Waals surface area contributed by atoms with Crippen LogP contribution in [0.5, 0.6) is 0 Å². The lowest BCUT2D eigenvalue weighted by Crippen LogP contribution is -2.30. The Morgan fingerprint density at radius 2 is 1.75 bits per heavy atom. The van der Waals surface area contributed by atoms with E-state index in [2.05, 4.69) is 53.4 Å². The van der Waals surface area contributed by atoms with Crippen LogP contribution in [0.15, 0.2) is 35.5 Å². The first-order valence-corrected chi connectivity index (χ1v) is 10.3. The molecule has 0 aliphatic rings. The molecule has 1 heterocycles. The van der Waals surface area contributed by atoms with Crippen LogP contribution in [0.2, 0.25) is 0 Å². The number of nitrogens with zero attached hydrogens (tertiary/aromatic N) is 2. The summed E-state index contributed by atoms with van der Waals surface area (Å²) in [5.74, 6) is -0.201. The molecule has 7 heteroatoms. The van der Waals surface area contributed by atoms with Gasteiger partial charge in [-0.1, -0.05) is 49.9 Å². The van der Waals surface area contributed by atoms with Crippen LogP contribution in [-0.4, -0.2) is 40.7 Å². The van der Waals surface area contributed by atoms with Gasteiger partial charge in [-0.2, -0.15) is 0 Å². The molecule has 150 valence electrons. The van der Waals surface area contributed by atoms with Gasteiger partial charge >= 0.3 is 5.97 Å². The topological polar surface area (TPSA) is 81.2 Å². The first-order chi connectivity index (χ1) is 13.3. The van der Waals surface area contributed by atoms with Gasteiger partial charge in [-0.3, -0.25) is 9.59 Å². The number of hydrogen-bond donors (Lipinski definition) is 1. The Kier molecular flexibility index (Phi) is 8.44. The predicted molar refractivity (Wildman–Crippen MR) is 110 cm³/mol. The van der Waals surface area contributed by atoms with Crippen molar-refractivity contribution in [1.29, 1.82) is 0 Å². The highest BCUT2D eigenvalue weighted by atomic mass is 32.2. The second kappa shape index (κ2) is 10.8. The van der Waals surface area contributed by atoms with Gasteiger partial charge in [0.1, 0.15) is 0 Å². The smallest absolute Gasteiger partial charge is 0.316 e. The molecule has 2 aromatic rings. The Morgan fingerprint density at radius 1 is 1.11 bits per heavy atom. The van der Waals surface area contributed by atoms with Gasteiger partial charge in [0.15, 0.2) is 11.8 Å². The van der Waals surface area contributed by atoms with Crippen LogP contribution >= 0.6 is 11.8 Å². The van der Waals surface area contributed by atoms with E-state index in [0.29, 0.717) is 17.6 Å². The number of nitrogens with one attached hydrogen (secondary N) is 1. The number of amides is 1. The Labute approximate surface area is 170 Å². The van der Waals surface area contributed by atoms with E-state index in [-0.39, 0.29) is 18.3 Å². The van der Waals surface area contributed by atoms with E-state index in [0.717, 1.165) is 23.4 Å². The summed E-state index contributed by atoms with van der Waals surface area (Å²) in [7, 11) is 0. The fraction of sp³-hybridized carbons (Fsp3) is 0.429. The van der Waals surface area contributed by atoms with Crippen molar-refractivity contribution in [2.75, 3.05) is 18.9 Å².